The number of hydrogen-bond acceptors (Lipinski definition) is 5. The van der Waals surface area contributed by atoms with E-state index < -0.39 is 17.9 Å². The molecule has 7 nitrogen and oxygen atoms in total. The highest BCUT2D eigenvalue weighted by Gasteiger charge is 2.30. The summed E-state index contributed by atoms with van der Waals surface area (Å²) in [5.74, 6) is -1.51. The van der Waals surface area contributed by atoms with Gasteiger partial charge in [0.25, 0.3) is 0 Å². The van der Waals surface area contributed by atoms with Gasteiger partial charge in [-0.05, 0) is 30.7 Å². The van der Waals surface area contributed by atoms with Gasteiger partial charge in [0.2, 0.25) is 11.8 Å². The van der Waals surface area contributed by atoms with Crippen molar-refractivity contribution in [2.75, 3.05) is 6.54 Å². The Morgan fingerprint density at radius 3 is 2.62 bits per heavy atom. The molecule has 2 N–H and O–H groups in total. The van der Waals surface area contributed by atoms with Crippen molar-refractivity contribution in [3.63, 3.8) is 0 Å². The van der Waals surface area contributed by atoms with E-state index in [2.05, 4.69) is 16.7 Å². The van der Waals surface area contributed by atoms with E-state index in [9.17, 15) is 19.6 Å². The molecular formula is C22H29N3O4. The molecule has 156 valence electrons. The lowest BCUT2D eigenvalue weighted by Gasteiger charge is -2.21. The summed E-state index contributed by atoms with van der Waals surface area (Å²) >= 11 is 0. The summed E-state index contributed by atoms with van der Waals surface area (Å²) in [6.45, 7) is 4.70. The van der Waals surface area contributed by atoms with Crippen LogP contribution >= 0.6 is 0 Å². The van der Waals surface area contributed by atoms with Crippen LogP contribution in [0.25, 0.3) is 0 Å². The summed E-state index contributed by atoms with van der Waals surface area (Å²) in [4.78, 5) is 36.7. The van der Waals surface area contributed by atoms with Gasteiger partial charge in [0.05, 0.1) is 12.5 Å². The van der Waals surface area contributed by atoms with Crippen LogP contribution in [-0.4, -0.2) is 30.4 Å². The lowest BCUT2D eigenvalue weighted by molar-refractivity contribution is -0.148. The zero-order valence-corrected chi connectivity index (χ0v) is 17.0. The molecule has 1 aliphatic rings. The van der Waals surface area contributed by atoms with Crippen LogP contribution in [0.15, 0.2) is 30.3 Å². The van der Waals surface area contributed by atoms with Crippen molar-refractivity contribution in [2.45, 2.75) is 52.2 Å². The third kappa shape index (κ3) is 7.57. The van der Waals surface area contributed by atoms with Gasteiger partial charge in [-0.25, -0.2) is 0 Å². The minimum atomic E-state index is -0.758. The Balaban J connectivity index is 1.91. The number of esters is 1. The fraction of sp³-hybridized carbons (Fsp3) is 0.545. The lowest BCUT2D eigenvalue weighted by atomic mass is 9.92. The third-order valence-corrected chi connectivity index (χ3v) is 4.94. The van der Waals surface area contributed by atoms with E-state index in [4.69, 9.17) is 4.74 Å². The second-order valence-corrected chi connectivity index (χ2v) is 7.88. The normalized spacial score (nSPS) is 17.9. The highest BCUT2D eigenvalue weighted by Crippen LogP contribution is 2.20. The van der Waals surface area contributed by atoms with Crippen LogP contribution in [0, 0.1) is 29.1 Å². The molecule has 1 heterocycles. The molecule has 1 fully saturated rings. The van der Waals surface area contributed by atoms with E-state index in [0.29, 0.717) is 19.4 Å². The summed E-state index contributed by atoms with van der Waals surface area (Å²) in [7, 11) is 0. The van der Waals surface area contributed by atoms with Crippen LogP contribution in [0.5, 0.6) is 0 Å². The molecule has 0 aliphatic carbocycles. The van der Waals surface area contributed by atoms with Crippen molar-refractivity contribution in [2.24, 2.45) is 17.8 Å². The van der Waals surface area contributed by atoms with Gasteiger partial charge in [-0.3, -0.25) is 14.4 Å². The maximum absolute atomic E-state index is 12.7. The Morgan fingerprint density at radius 2 is 2.03 bits per heavy atom. The minimum Gasteiger partial charge on any atom is -0.461 e. The summed E-state index contributed by atoms with van der Waals surface area (Å²) in [5.41, 5.74) is 0.880. The Hall–Kier alpha value is -2.88. The number of ether oxygens (including phenoxy) is 1. The van der Waals surface area contributed by atoms with Crippen molar-refractivity contribution in [1.29, 1.82) is 5.26 Å². The molecule has 0 spiro atoms. The van der Waals surface area contributed by atoms with Crippen molar-refractivity contribution in [3.8, 4) is 6.07 Å². The van der Waals surface area contributed by atoms with Crippen LogP contribution in [0.4, 0.5) is 0 Å². The van der Waals surface area contributed by atoms with Crippen LogP contribution in [0.1, 0.15) is 45.1 Å². The summed E-state index contributed by atoms with van der Waals surface area (Å²) in [6.07, 6.45) is 1.41. The van der Waals surface area contributed by atoms with E-state index in [1.165, 1.54) is 0 Å². The molecule has 0 bridgehead atoms. The van der Waals surface area contributed by atoms with Gasteiger partial charge in [-0.2, -0.15) is 5.26 Å². The number of carbonyl (C=O) groups is 3. The summed E-state index contributed by atoms with van der Waals surface area (Å²) in [6, 6.07) is 10.6. The predicted molar refractivity (Wildman–Crippen MR) is 107 cm³/mol. The maximum atomic E-state index is 12.7. The predicted octanol–water partition coefficient (Wildman–Crippen LogP) is 2.32. The Kier molecular flexibility index (Phi) is 8.66. The number of hydrogen-bond donors (Lipinski definition) is 2. The number of nitrogens with one attached hydrogen (secondary N) is 2. The SMILES string of the molecule is CC(C)C[C@H](CC(=O)OCc1ccccc1)C(=O)N[C@H](C#N)C[C@@H]1CCNC1=O. The molecule has 3 atom stereocenters. The standard InChI is InChI=1S/C22H29N3O4/c1-15(2)10-18(12-20(26)29-14-16-6-4-3-5-7-16)22(28)25-19(13-23)11-17-8-9-24-21(17)27/h3-7,15,17-19H,8-12,14H2,1-2H3,(H,24,27)(H,25,28)/t17-,18+,19-/m0/s1. The van der Waals surface area contributed by atoms with Crippen molar-refractivity contribution in [3.05, 3.63) is 35.9 Å². The molecular weight excluding hydrogens is 370 g/mol. The number of amides is 2. The third-order valence-electron chi connectivity index (χ3n) is 4.94. The Labute approximate surface area is 171 Å². The quantitative estimate of drug-likeness (QED) is 0.587. The van der Waals surface area contributed by atoms with Crippen LogP contribution in [0.2, 0.25) is 0 Å². The molecule has 7 heteroatoms. The average Bonchev–Trinajstić information content (AvgIpc) is 3.10. The van der Waals surface area contributed by atoms with Crippen LogP contribution in [0.3, 0.4) is 0 Å². The zero-order valence-electron chi connectivity index (χ0n) is 17.0. The highest BCUT2D eigenvalue weighted by atomic mass is 16.5. The van der Waals surface area contributed by atoms with E-state index in [0.717, 1.165) is 5.56 Å². The smallest absolute Gasteiger partial charge is 0.306 e. The van der Waals surface area contributed by atoms with Crippen molar-refractivity contribution < 1.29 is 19.1 Å². The zero-order chi connectivity index (χ0) is 21.2. The van der Waals surface area contributed by atoms with E-state index in [1.807, 2.05) is 44.2 Å². The number of carbonyl (C=O) groups excluding carboxylic acids is 3. The first-order valence-corrected chi connectivity index (χ1v) is 10.1. The first-order valence-electron chi connectivity index (χ1n) is 10.1. The molecule has 1 aromatic rings. The largest absolute Gasteiger partial charge is 0.461 e. The Bertz CT molecular complexity index is 742. The first kappa shape index (κ1) is 22.4. The molecule has 2 rings (SSSR count). The molecule has 2 amide bonds. The summed E-state index contributed by atoms with van der Waals surface area (Å²) < 4.78 is 5.31. The van der Waals surface area contributed by atoms with Crippen molar-refractivity contribution in [1.82, 2.24) is 10.6 Å². The highest BCUT2D eigenvalue weighted by molar-refractivity contribution is 5.84. The topological polar surface area (TPSA) is 108 Å². The molecule has 0 radical (unpaired) electrons. The van der Waals surface area contributed by atoms with Gasteiger partial charge in [0, 0.05) is 18.4 Å². The fourth-order valence-corrected chi connectivity index (χ4v) is 3.44. The van der Waals surface area contributed by atoms with Gasteiger partial charge >= 0.3 is 5.97 Å². The number of rotatable bonds is 10. The van der Waals surface area contributed by atoms with E-state index >= 15 is 0 Å². The minimum absolute atomic E-state index is 0.0427. The maximum Gasteiger partial charge on any atom is 0.306 e. The van der Waals surface area contributed by atoms with Gasteiger partial charge in [0.15, 0.2) is 0 Å². The van der Waals surface area contributed by atoms with Gasteiger partial charge in [-0.15, -0.1) is 0 Å². The van der Waals surface area contributed by atoms with Gasteiger partial charge in [-0.1, -0.05) is 44.2 Å². The molecule has 1 saturated heterocycles. The molecule has 29 heavy (non-hydrogen) atoms. The lowest BCUT2D eigenvalue weighted by Crippen LogP contribution is -2.41. The second-order valence-electron chi connectivity index (χ2n) is 7.88. The molecule has 1 aromatic carbocycles. The summed E-state index contributed by atoms with van der Waals surface area (Å²) in [5, 5.41) is 14.8. The molecule has 1 aliphatic heterocycles. The number of nitriles is 1. The van der Waals surface area contributed by atoms with Gasteiger partial charge in [0.1, 0.15) is 12.6 Å². The number of nitrogens with zero attached hydrogens (tertiary/aromatic N) is 1. The van der Waals surface area contributed by atoms with Crippen LogP contribution < -0.4 is 10.6 Å². The number of benzene rings is 1. The van der Waals surface area contributed by atoms with Crippen LogP contribution in [-0.2, 0) is 25.7 Å². The van der Waals surface area contributed by atoms with E-state index in [-0.39, 0.29) is 43.1 Å². The second kappa shape index (κ2) is 11.2. The molecule has 0 unspecified atom stereocenters. The molecule has 0 aromatic heterocycles. The fourth-order valence-electron chi connectivity index (χ4n) is 3.44. The Morgan fingerprint density at radius 1 is 1.31 bits per heavy atom. The monoisotopic (exact) mass is 399 g/mol. The first-order chi connectivity index (χ1) is 13.9. The molecule has 0 saturated carbocycles. The van der Waals surface area contributed by atoms with E-state index in [1.54, 1.807) is 0 Å². The average molecular weight is 399 g/mol. The van der Waals surface area contributed by atoms with Gasteiger partial charge < -0.3 is 15.4 Å². The van der Waals surface area contributed by atoms with Crippen molar-refractivity contribution >= 4 is 17.8 Å².